The van der Waals surface area contributed by atoms with Gasteiger partial charge in [-0.15, -0.1) is 0 Å². The van der Waals surface area contributed by atoms with Crippen LogP contribution in [0.25, 0.3) is 0 Å². The molecule has 2 N–H and O–H groups in total. The molecule has 0 aliphatic rings. The minimum absolute atomic E-state index is 0.472. The molecule has 0 saturated carbocycles. The maximum absolute atomic E-state index is 8.42. The van der Waals surface area contributed by atoms with Gasteiger partial charge in [-0.25, -0.2) is 4.98 Å². The molecule has 0 radical (unpaired) electrons. The molecule has 0 bridgehead atoms. The molecule has 0 saturated heterocycles. The molecule has 1 heterocycles. The van der Waals surface area contributed by atoms with Gasteiger partial charge in [-0.3, -0.25) is 0 Å². The van der Waals surface area contributed by atoms with E-state index in [1.165, 1.54) is 6.20 Å². The quantitative estimate of drug-likeness (QED) is 0.697. The number of nitrogen functional groups attached to an aromatic ring is 1. The van der Waals surface area contributed by atoms with Gasteiger partial charge in [0.1, 0.15) is 11.9 Å². The molecular formula is C6H4IN3. The summed E-state index contributed by atoms with van der Waals surface area (Å²) in [5.41, 5.74) is 5.96. The summed E-state index contributed by atoms with van der Waals surface area (Å²) >= 11 is 2.03. The van der Waals surface area contributed by atoms with Crippen molar-refractivity contribution in [3.63, 3.8) is 0 Å². The molecular weight excluding hydrogens is 241 g/mol. The Hall–Kier alpha value is -0.830. The van der Waals surface area contributed by atoms with Crippen LogP contribution in [0.2, 0.25) is 0 Å². The molecule has 0 aliphatic carbocycles. The lowest BCUT2D eigenvalue weighted by Gasteiger charge is -1.94. The molecule has 50 valence electrons. The fourth-order valence-corrected chi connectivity index (χ4v) is 0.984. The minimum Gasteiger partial charge on any atom is -0.383 e. The van der Waals surface area contributed by atoms with Crippen LogP contribution in [-0.2, 0) is 0 Å². The first-order valence-electron chi connectivity index (χ1n) is 2.55. The van der Waals surface area contributed by atoms with Gasteiger partial charge in [0.25, 0.3) is 0 Å². The normalized spacial score (nSPS) is 8.80. The van der Waals surface area contributed by atoms with Gasteiger partial charge in [-0.1, -0.05) is 0 Å². The second kappa shape index (κ2) is 2.84. The van der Waals surface area contributed by atoms with Crippen LogP contribution in [-0.4, -0.2) is 4.98 Å². The lowest BCUT2D eigenvalue weighted by molar-refractivity contribution is 1.29. The third kappa shape index (κ3) is 1.36. The zero-order valence-electron chi connectivity index (χ0n) is 5.00. The number of rotatable bonds is 0. The van der Waals surface area contributed by atoms with Crippen LogP contribution in [0.5, 0.6) is 0 Å². The molecule has 0 unspecified atom stereocenters. The van der Waals surface area contributed by atoms with E-state index >= 15 is 0 Å². The summed E-state index contributed by atoms with van der Waals surface area (Å²) in [6.45, 7) is 0. The Bertz CT molecular complexity index is 290. The first-order valence-corrected chi connectivity index (χ1v) is 3.63. The highest BCUT2D eigenvalue weighted by molar-refractivity contribution is 14.1. The van der Waals surface area contributed by atoms with E-state index in [2.05, 4.69) is 4.98 Å². The van der Waals surface area contributed by atoms with Gasteiger partial charge in [-0.2, -0.15) is 5.26 Å². The Kier molecular flexibility index (Phi) is 2.06. The predicted octanol–water partition coefficient (Wildman–Crippen LogP) is 1.14. The smallest absolute Gasteiger partial charge is 0.136 e. The largest absolute Gasteiger partial charge is 0.383 e. The van der Waals surface area contributed by atoms with E-state index in [1.54, 1.807) is 6.07 Å². The molecule has 0 amide bonds. The summed E-state index contributed by atoms with van der Waals surface area (Å²) < 4.78 is 0.816. The molecule has 0 atom stereocenters. The highest BCUT2D eigenvalue weighted by Crippen LogP contribution is 2.11. The molecule has 10 heavy (non-hydrogen) atoms. The van der Waals surface area contributed by atoms with Crippen molar-refractivity contribution in [1.82, 2.24) is 4.98 Å². The Labute approximate surface area is 72.0 Å². The van der Waals surface area contributed by atoms with E-state index < -0.39 is 0 Å². The van der Waals surface area contributed by atoms with E-state index in [0.29, 0.717) is 11.4 Å². The molecule has 0 aromatic carbocycles. The van der Waals surface area contributed by atoms with Crippen LogP contribution in [0.3, 0.4) is 0 Å². The number of nitrogens with two attached hydrogens (primary N) is 1. The van der Waals surface area contributed by atoms with Crippen LogP contribution in [0.15, 0.2) is 12.3 Å². The fourth-order valence-electron chi connectivity index (χ4n) is 0.510. The average molecular weight is 245 g/mol. The maximum atomic E-state index is 8.42. The topological polar surface area (TPSA) is 62.7 Å². The van der Waals surface area contributed by atoms with Crippen LogP contribution in [0.4, 0.5) is 5.82 Å². The summed E-state index contributed by atoms with van der Waals surface area (Å²) in [5, 5.41) is 8.42. The van der Waals surface area contributed by atoms with Crippen molar-refractivity contribution < 1.29 is 0 Å². The number of aromatic nitrogens is 1. The first-order chi connectivity index (χ1) is 4.74. The maximum Gasteiger partial charge on any atom is 0.136 e. The first kappa shape index (κ1) is 7.28. The van der Waals surface area contributed by atoms with Crippen molar-refractivity contribution in [3.8, 4) is 6.07 Å². The van der Waals surface area contributed by atoms with Crippen molar-refractivity contribution >= 4 is 28.4 Å². The molecule has 0 fully saturated rings. The average Bonchev–Trinajstić information content (AvgIpc) is 1.95. The second-order valence-electron chi connectivity index (χ2n) is 1.70. The van der Waals surface area contributed by atoms with E-state index in [0.717, 1.165) is 3.57 Å². The van der Waals surface area contributed by atoms with Gasteiger partial charge in [0.05, 0.1) is 9.13 Å². The molecule has 1 aromatic heterocycles. The van der Waals surface area contributed by atoms with Crippen molar-refractivity contribution in [2.24, 2.45) is 0 Å². The zero-order valence-corrected chi connectivity index (χ0v) is 7.16. The van der Waals surface area contributed by atoms with Crippen LogP contribution >= 0.6 is 22.6 Å². The molecule has 1 rings (SSSR count). The van der Waals surface area contributed by atoms with E-state index in [9.17, 15) is 0 Å². The Morgan fingerprint density at radius 3 is 2.90 bits per heavy atom. The standard InChI is InChI=1S/C6H4IN3/c7-5-1-4(2-8)3-10-6(5)9/h1,3H,(H2,9,10). The Morgan fingerprint density at radius 1 is 1.70 bits per heavy atom. The Morgan fingerprint density at radius 2 is 2.40 bits per heavy atom. The third-order valence-corrected chi connectivity index (χ3v) is 1.86. The number of anilines is 1. The molecule has 1 aromatic rings. The van der Waals surface area contributed by atoms with E-state index in [-0.39, 0.29) is 0 Å². The molecule has 3 nitrogen and oxygen atoms in total. The summed E-state index contributed by atoms with van der Waals surface area (Å²) in [5.74, 6) is 0.472. The SMILES string of the molecule is N#Cc1cnc(N)c(I)c1. The molecule has 0 aliphatic heterocycles. The molecule has 0 spiro atoms. The number of pyridine rings is 1. The molecule has 4 heteroatoms. The number of hydrogen-bond donors (Lipinski definition) is 1. The lowest BCUT2D eigenvalue weighted by Crippen LogP contribution is -1.93. The van der Waals surface area contributed by atoms with Crippen LogP contribution < -0.4 is 5.73 Å². The van der Waals surface area contributed by atoms with E-state index in [4.69, 9.17) is 11.0 Å². The second-order valence-corrected chi connectivity index (χ2v) is 2.87. The minimum atomic E-state index is 0.472. The summed E-state index contributed by atoms with van der Waals surface area (Å²) in [6, 6.07) is 3.67. The number of nitrogens with zero attached hydrogens (tertiary/aromatic N) is 2. The van der Waals surface area contributed by atoms with Crippen LogP contribution in [0.1, 0.15) is 5.56 Å². The van der Waals surface area contributed by atoms with Crippen molar-refractivity contribution in [1.29, 1.82) is 5.26 Å². The number of hydrogen-bond acceptors (Lipinski definition) is 3. The predicted molar refractivity (Wildman–Crippen MR) is 46.1 cm³/mol. The highest BCUT2D eigenvalue weighted by Gasteiger charge is 1.96. The third-order valence-electron chi connectivity index (χ3n) is 0.999. The summed E-state index contributed by atoms with van der Waals surface area (Å²) in [4.78, 5) is 3.80. The highest BCUT2D eigenvalue weighted by atomic mass is 127. The summed E-state index contributed by atoms with van der Waals surface area (Å²) in [6.07, 6.45) is 1.46. The van der Waals surface area contributed by atoms with E-state index in [1.807, 2.05) is 28.7 Å². The van der Waals surface area contributed by atoms with Gasteiger partial charge in [0, 0.05) is 6.20 Å². The van der Waals surface area contributed by atoms with Gasteiger partial charge < -0.3 is 5.73 Å². The van der Waals surface area contributed by atoms with Gasteiger partial charge >= 0.3 is 0 Å². The number of halogens is 1. The van der Waals surface area contributed by atoms with Crippen molar-refractivity contribution in [3.05, 3.63) is 21.4 Å². The Balaban J connectivity index is 3.20. The van der Waals surface area contributed by atoms with Crippen molar-refractivity contribution in [2.45, 2.75) is 0 Å². The van der Waals surface area contributed by atoms with Gasteiger partial charge in [-0.05, 0) is 28.7 Å². The van der Waals surface area contributed by atoms with Gasteiger partial charge in [0.15, 0.2) is 0 Å². The van der Waals surface area contributed by atoms with Crippen molar-refractivity contribution in [2.75, 3.05) is 5.73 Å². The van der Waals surface area contributed by atoms with Crippen LogP contribution in [0, 0.1) is 14.9 Å². The monoisotopic (exact) mass is 245 g/mol. The number of nitriles is 1. The fraction of sp³-hybridized carbons (Fsp3) is 0. The van der Waals surface area contributed by atoms with Gasteiger partial charge in [0.2, 0.25) is 0 Å². The summed E-state index contributed by atoms with van der Waals surface area (Å²) in [7, 11) is 0. The zero-order chi connectivity index (χ0) is 7.56. The lowest BCUT2D eigenvalue weighted by atomic mass is 10.3.